The van der Waals surface area contributed by atoms with E-state index in [0.717, 1.165) is 22.6 Å². The smallest absolute Gasteiger partial charge is 0.413 e. The van der Waals surface area contributed by atoms with Crippen LogP contribution in [-0.4, -0.2) is 53.3 Å². The number of fused-ring (bicyclic) bond motifs is 1. The van der Waals surface area contributed by atoms with Crippen LogP contribution in [0.25, 0.3) is 0 Å². The van der Waals surface area contributed by atoms with Crippen LogP contribution in [-0.2, 0) is 38.5 Å². The van der Waals surface area contributed by atoms with Gasteiger partial charge in [0.15, 0.2) is 5.13 Å². The summed E-state index contributed by atoms with van der Waals surface area (Å²) in [6.45, 7) is 5.69. The number of nitrogens with zero attached hydrogens (tertiary/aromatic N) is 2. The molecule has 0 saturated carbocycles. The van der Waals surface area contributed by atoms with E-state index in [0.29, 0.717) is 30.9 Å². The minimum absolute atomic E-state index is 0.0910. The van der Waals surface area contributed by atoms with E-state index in [1.165, 1.54) is 32.3 Å². The number of ether oxygens (including phenoxy) is 3. The molecule has 1 N–H and O–H groups in total. The topological polar surface area (TPSA) is 107 Å². The third kappa shape index (κ3) is 6.47. The second-order valence-electron chi connectivity index (χ2n) is 8.54. The highest BCUT2D eigenvalue weighted by atomic mass is 32.1. The molecule has 0 aliphatic heterocycles. The van der Waals surface area contributed by atoms with Gasteiger partial charge in [-0.1, -0.05) is 37.3 Å². The van der Waals surface area contributed by atoms with Crippen molar-refractivity contribution < 1.29 is 28.6 Å². The number of nitrogens with one attached hydrogen (secondary N) is 1. The normalized spacial score (nSPS) is 15.1. The van der Waals surface area contributed by atoms with Crippen LogP contribution in [0.1, 0.15) is 49.7 Å². The number of methoxy groups -OCH3 is 1. The van der Waals surface area contributed by atoms with Crippen LogP contribution in [0.15, 0.2) is 30.3 Å². The molecule has 1 aromatic heterocycles. The molecule has 0 saturated heterocycles. The van der Waals surface area contributed by atoms with E-state index in [9.17, 15) is 14.4 Å². The first-order valence-corrected chi connectivity index (χ1v) is 12.1. The first-order valence-electron chi connectivity index (χ1n) is 11.3. The molecule has 184 valence electrons. The first kappa shape index (κ1) is 25.5. The summed E-state index contributed by atoms with van der Waals surface area (Å²) in [6.07, 6.45) is 1.63. The number of amides is 2. The van der Waals surface area contributed by atoms with E-state index >= 15 is 0 Å². The predicted molar refractivity (Wildman–Crippen MR) is 128 cm³/mol. The van der Waals surface area contributed by atoms with Gasteiger partial charge >= 0.3 is 18.2 Å². The quantitative estimate of drug-likeness (QED) is 0.428. The van der Waals surface area contributed by atoms with Crippen LogP contribution in [0.4, 0.5) is 14.7 Å². The second-order valence-corrected chi connectivity index (χ2v) is 9.62. The van der Waals surface area contributed by atoms with Crippen molar-refractivity contribution in [1.29, 1.82) is 0 Å². The van der Waals surface area contributed by atoms with Crippen molar-refractivity contribution in [2.24, 2.45) is 0 Å². The van der Waals surface area contributed by atoms with Gasteiger partial charge in [0.25, 0.3) is 0 Å². The van der Waals surface area contributed by atoms with Gasteiger partial charge in [-0.2, -0.15) is 0 Å². The third-order valence-electron chi connectivity index (χ3n) is 5.49. The van der Waals surface area contributed by atoms with Crippen LogP contribution >= 0.6 is 11.3 Å². The standard InChI is InChI=1S/C24H31N3O6S/c1-5-13-27(23(30)33-24(2,3)20(28)31-4)17-11-12-18-19(14-17)34-21(25-18)26-22(29)32-15-16-9-7-6-8-10-16/h6-10,17H,5,11-15H2,1-4H3,(H,25,26,29)/t17-/m0/s1. The first-order chi connectivity index (χ1) is 16.2. The Labute approximate surface area is 203 Å². The lowest BCUT2D eigenvalue weighted by Crippen LogP contribution is -2.48. The van der Waals surface area contributed by atoms with Gasteiger partial charge in [0.05, 0.1) is 12.8 Å². The molecule has 0 radical (unpaired) electrons. The average Bonchev–Trinajstić information content (AvgIpc) is 3.22. The number of benzene rings is 1. The molecule has 34 heavy (non-hydrogen) atoms. The third-order valence-corrected chi connectivity index (χ3v) is 6.53. The van der Waals surface area contributed by atoms with E-state index in [2.05, 4.69) is 10.3 Å². The van der Waals surface area contributed by atoms with E-state index in [1.54, 1.807) is 4.90 Å². The van der Waals surface area contributed by atoms with Crippen molar-refractivity contribution >= 4 is 34.6 Å². The molecule has 9 nitrogen and oxygen atoms in total. The number of aryl methyl sites for hydroxylation is 1. The van der Waals surface area contributed by atoms with E-state index < -0.39 is 23.8 Å². The van der Waals surface area contributed by atoms with E-state index in [4.69, 9.17) is 14.2 Å². The number of hydrogen-bond donors (Lipinski definition) is 1. The summed E-state index contributed by atoms with van der Waals surface area (Å²) >= 11 is 1.38. The van der Waals surface area contributed by atoms with Gasteiger partial charge in [0, 0.05) is 23.9 Å². The summed E-state index contributed by atoms with van der Waals surface area (Å²) < 4.78 is 15.5. The number of carbonyl (C=O) groups excluding carboxylic acids is 3. The molecule has 0 fully saturated rings. The van der Waals surface area contributed by atoms with Crippen LogP contribution < -0.4 is 5.32 Å². The van der Waals surface area contributed by atoms with Gasteiger partial charge < -0.3 is 19.1 Å². The summed E-state index contributed by atoms with van der Waals surface area (Å²) in [6, 6.07) is 9.35. The van der Waals surface area contributed by atoms with Crippen molar-refractivity contribution in [2.45, 2.75) is 64.7 Å². The fraction of sp³-hybridized carbons (Fsp3) is 0.500. The number of carbonyl (C=O) groups is 3. The number of thiazole rings is 1. The number of hydrogen-bond acceptors (Lipinski definition) is 8. The number of esters is 1. The zero-order valence-corrected chi connectivity index (χ0v) is 20.8. The highest BCUT2D eigenvalue weighted by Crippen LogP contribution is 2.32. The largest absolute Gasteiger partial charge is 0.466 e. The molecule has 10 heteroatoms. The monoisotopic (exact) mass is 489 g/mol. The molecule has 1 aliphatic carbocycles. The minimum atomic E-state index is -1.38. The van der Waals surface area contributed by atoms with Crippen LogP contribution in [0.5, 0.6) is 0 Å². The predicted octanol–water partition coefficient (Wildman–Crippen LogP) is 4.55. The van der Waals surface area contributed by atoms with E-state index in [-0.39, 0.29) is 12.6 Å². The fourth-order valence-electron chi connectivity index (χ4n) is 3.75. The lowest BCUT2D eigenvalue weighted by Gasteiger charge is -2.35. The Kier molecular flexibility index (Phi) is 8.49. The van der Waals surface area contributed by atoms with E-state index in [1.807, 2.05) is 37.3 Å². The van der Waals surface area contributed by atoms with Gasteiger partial charge in [0.2, 0.25) is 5.60 Å². The van der Waals surface area contributed by atoms with Gasteiger partial charge in [-0.15, -0.1) is 11.3 Å². The Balaban J connectivity index is 1.61. The summed E-state index contributed by atoms with van der Waals surface area (Å²) in [7, 11) is 1.26. The summed E-state index contributed by atoms with van der Waals surface area (Å²) in [5.41, 5.74) is 0.441. The van der Waals surface area contributed by atoms with Gasteiger partial charge in [-0.05, 0) is 38.7 Å². The summed E-state index contributed by atoms with van der Waals surface area (Å²) in [5, 5.41) is 3.17. The molecule has 3 rings (SSSR count). The molecule has 0 spiro atoms. The maximum absolute atomic E-state index is 12.9. The SMILES string of the molecule is CCCN(C(=O)OC(C)(C)C(=O)OC)[C@H]1CCc2nc(NC(=O)OCc3ccccc3)sc2C1. The molecule has 2 amide bonds. The van der Waals surface area contributed by atoms with Crippen LogP contribution in [0, 0.1) is 0 Å². The zero-order valence-electron chi connectivity index (χ0n) is 20.0. The fourth-order valence-corrected chi connectivity index (χ4v) is 4.82. The minimum Gasteiger partial charge on any atom is -0.466 e. The Morgan fingerprint density at radius 2 is 1.97 bits per heavy atom. The Bertz CT molecular complexity index is 1010. The highest BCUT2D eigenvalue weighted by Gasteiger charge is 2.37. The molecule has 2 aromatic rings. The highest BCUT2D eigenvalue weighted by molar-refractivity contribution is 7.15. The Morgan fingerprint density at radius 1 is 1.24 bits per heavy atom. The van der Waals surface area contributed by atoms with Crippen LogP contribution in [0.3, 0.4) is 0 Å². The molecule has 0 bridgehead atoms. The molecule has 0 unspecified atom stereocenters. The van der Waals surface area contributed by atoms with Crippen molar-refractivity contribution in [3.63, 3.8) is 0 Å². The number of aromatic nitrogens is 1. The van der Waals surface area contributed by atoms with Crippen molar-refractivity contribution in [1.82, 2.24) is 9.88 Å². The molecule has 1 aliphatic rings. The lowest BCUT2D eigenvalue weighted by molar-refractivity contribution is -0.159. The van der Waals surface area contributed by atoms with Gasteiger partial charge in [-0.25, -0.2) is 19.4 Å². The van der Waals surface area contributed by atoms with Crippen molar-refractivity contribution in [3.05, 3.63) is 46.5 Å². The van der Waals surface area contributed by atoms with Crippen molar-refractivity contribution in [3.8, 4) is 0 Å². The van der Waals surface area contributed by atoms with Gasteiger partial charge in [-0.3, -0.25) is 5.32 Å². The average molecular weight is 490 g/mol. The molecular formula is C24H31N3O6S. The summed E-state index contributed by atoms with van der Waals surface area (Å²) in [4.78, 5) is 44.3. The second kappa shape index (κ2) is 11.3. The van der Waals surface area contributed by atoms with Gasteiger partial charge in [0.1, 0.15) is 6.61 Å². The molecule has 1 heterocycles. The van der Waals surface area contributed by atoms with Crippen molar-refractivity contribution in [2.75, 3.05) is 19.0 Å². The Hall–Kier alpha value is -3.14. The number of anilines is 1. The molecule has 1 aromatic carbocycles. The lowest BCUT2D eigenvalue weighted by atomic mass is 9.96. The maximum Gasteiger partial charge on any atom is 0.413 e. The summed E-state index contributed by atoms with van der Waals surface area (Å²) in [5.74, 6) is -0.611. The molecule has 1 atom stereocenters. The zero-order chi connectivity index (χ0) is 24.7. The number of rotatable bonds is 8. The Morgan fingerprint density at radius 3 is 2.65 bits per heavy atom. The maximum atomic E-state index is 12.9. The van der Waals surface area contributed by atoms with Crippen LogP contribution in [0.2, 0.25) is 0 Å². The molecular weight excluding hydrogens is 458 g/mol.